The SMILES string of the molecule is COc1ccc(Nc2ccc(C3=NN(C(C)=O)[C@H](c4ccccc4OC(F)F)O3)cc2S(=O)(=O)C(F)F)cc1. The number of hydrazone groups is 1. The van der Waals surface area contributed by atoms with Gasteiger partial charge in [0.2, 0.25) is 27.9 Å². The van der Waals surface area contributed by atoms with Gasteiger partial charge < -0.3 is 19.5 Å². The summed E-state index contributed by atoms with van der Waals surface area (Å²) in [7, 11) is -3.66. The molecule has 0 spiro atoms. The van der Waals surface area contributed by atoms with Crippen molar-refractivity contribution in [2.24, 2.45) is 5.10 Å². The number of ether oxygens (including phenoxy) is 3. The van der Waals surface area contributed by atoms with Gasteiger partial charge >= 0.3 is 12.4 Å². The summed E-state index contributed by atoms with van der Waals surface area (Å²) in [5.41, 5.74) is 0.209. The Bertz CT molecular complexity index is 1500. The van der Waals surface area contributed by atoms with Gasteiger partial charge in [-0.15, -0.1) is 5.10 Å². The molecular weight excluding hydrogens is 546 g/mol. The maximum atomic E-state index is 13.6. The fourth-order valence-corrected chi connectivity index (χ4v) is 4.60. The van der Waals surface area contributed by atoms with Gasteiger partial charge in [0.25, 0.3) is 0 Å². The van der Waals surface area contributed by atoms with Crippen LogP contribution in [0.1, 0.15) is 24.3 Å². The molecule has 3 aromatic carbocycles. The molecular formula is C25H21F4N3O6S. The van der Waals surface area contributed by atoms with E-state index >= 15 is 0 Å². The Labute approximate surface area is 220 Å². The van der Waals surface area contributed by atoms with E-state index in [1.165, 1.54) is 43.5 Å². The van der Waals surface area contributed by atoms with Crippen LogP contribution in [0.25, 0.3) is 0 Å². The van der Waals surface area contributed by atoms with Crippen molar-refractivity contribution in [1.82, 2.24) is 5.01 Å². The maximum Gasteiger partial charge on any atom is 0.387 e. The first kappa shape index (κ1) is 27.7. The highest BCUT2D eigenvalue weighted by Gasteiger charge is 2.37. The van der Waals surface area contributed by atoms with Gasteiger partial charge in [0.1, 0.15) is 11.5 Å². The van der Waals surface area contributed by atoms with Crippen LogP contribution in [0.2, 0.25) is 0 Å². The fourth-order valence-electron chi connectivity index (χ4n) is 3.69. The van der Waals surface area contributed by atoms with E-state index in [0.717, 1.165) is 18.0 Å². The van der Waals surface area contributed by atoms with E-state index in [2.05, 4.69) is 15.2 Å². The number of halogens is 4. The molecule has 1 N–H and O–H groups in total. The van der Waals surface area contributed by atoms with E-state index in [1.807, 2.05) is 0 Å². The molecule has 39 heavy (non-hydrogen) atoms. The van der Waals surface area contributed by atoms with Crippen molar-refractivity contribution < 1.29 is 45.0 Å². The van der Waals surface area contributed by atoms with Gasteiger partial charge in [-0.05, 0) is 54.6 Å². The van der Waals surface area contributed by atoms with Crippen LogP contribution in [0.5, 0.6) is 11.5 Å². The van der Waals surface area contributed by atoms with Crippen molar-refractivity contribution >= 4 is 33.0 Å². The summed E-state index contributed by atoms with van der Waals surface area (Å²) < 4.78 is 93.6. The molecule has 4 rings (SSSR count). The molecule has 0 radical (unpaired) electrons. The first-order valence-electron chi connectivity index (χ1n) is 11.2. The Morgan fingerprint density at radius 2 is 1.74 bits per heavy atom. The highest BCUT2D eigenvalue weighted by atomic mass is 32.2. The lowest BCUT2D eigenvalue weighted by Crippen LogP contribution is -2.26. The number of rotatable bonds is 9. The molecule has 1 heterocycles. The number of nitrogens with one attached hydrogen (secondary N) is 1. The topological polar surface area (TPSA) is 107 Å². The normalized spacial score (nSPS) is 15.2. The quantitative estimate of drug-likeness (QED) is 0.351. The summed E-state index contributed by atoms with van der Waals surface area (Å²) in [5.74, 6) is -4.43. The van der Waals surface area contributed by atoms with Crippen molar-refractivity contribution in [3.63, 3.8) is 0 Å². The van der Waals surface area contributed by atoms with Crippen LogP contribution in [0.4, 0.5) is 28.9 Å². The highest BCUT2D eigenvalue weighted by Crippen LogP contribution is 2.37. The zero-order valence-corrected chi connectivity index (χ0v) is 21.2. The predicted molar refractivity (Wildman–Crippen MR) is 132 cm³/mol. The van der Waals surface area contributed by atoms with Crippen LogP contribution >= 0.6 is 0 Å². The Balaban J connectivity index is 1.74. The van der Waals surface area contributed by atoms with E-state index in [9.17, 15) is 30.8 Å². The van der Waals surface area contributed by atoms with Gasteiger partial charge in [-0.2, -0.15) is 22.6 Å². The van der Waals surface area contributed by atoms with E-state index < -0.39 is 39.2 Å². The van der Waals surface area contributed by atoms with Gasteiger partial charge in [-0.25, -0.2) is 8.42 Å². The Morgan fingerprint density at radius 3 is 2.36 bits per heavy atom. The molecule has 14 heteroatoms. The summed E-state index contributed by atoms with van der Waals surface area (Å²) in [6, 6.07) is 15.4. The van der Waals surface area contributed by atoms with Crippen LogP contribution < -0.4 is 14.8 Å². The first-order chi connectivity index (χ1) is 18.5. The Hall–Kier alpha value is -4.33. The van der Waals surface area contributed by atoms with Crippen LogP contribution in [0, 0.1) is 0 Å². The van der Waals surface area contributed by atoms with Crippen LogP contribution in [-0.2, 0) is 19.4 Å². The molecule has 9 nitrogen and oxygen atoms in total. The number of para-hydroxylation sites is 1. The second kappa shape index (κ2) is 11.2. The largest absolute Gasteiger partial charge is 0.497 e. The molecule has 0 bridgehead atoms. The number of carbonyl (C=O) groups is 1. The van der Waals surface area contributed by atoms with Crippen molar-refractivity contribution in [1.29, 1.82) is 0 Å². The van der Waals surface area contributed by atoms with E-state index in [0.29, 0.717) is 11.4 Å². The smallest absolute Gasteiger partial charge is 0.387 e. The number of methoxy groups -OCH3 is 1. The second-order valence-electron chi connectivity index (χ2n) is 8.03. The monoisotopic (exact) mass is 567 g/mol. The molecule has 3 aromatic rings. The number of sulfone groups is 1. The van der Waals surface area contributed by atoms with Crippen molar-refractivity contribution in [2.75, 3.05) is 12.4 Å². The van der Waals surface area contributed by atoms with Crippen molar-refractivity contribution in [3.8, 4) is 11.5 Å². The third kappa shape index (κ3) is 5.90. The molecule has 0 aliphatic carbocycles. The zero-order chi connectivity index (χ0) is 28.3. The molecule has 0 aromatic heterocycles. The minimum absolute atomic E-state index is 0.0324. The molecule has 0 saturated carbocycles. The number of amides is 1. The number of carbonyl (C=O) groups excluding carboxylic acids is 1. The van der Waals surface area contributed by atoms with Gasteiger partial charge in [0.15, 0.2) is 0 Å². The lowest BCUT2D eigenvalue weighted by Gasteiger charge is -2.21. The van der Waals surface area contributed by atoms with Crippen LogP contribution in [-0.4, -0.2) is 44.7 Å². The molecule has 1 atom stereocenters. The highest BCUT2D eigenvalue weighted by molar-refractivity contribution is 7.91. The summed E-state index contributed by atoms with van der Waals surface area (Å²) in [6.45, 7) is -2.01. The predicted octanol–water partition coefficient (Wildman–Crippen LogP) is 5.28. The zero-order valence-electron chi connectivity index (χ0n) is 20.3. The first-order valence-corrected chi connectivity index (χ1v) is 12.7. The lowest BCUT2D eigenvalue weighted by atomic mass is 10.1. The number of benzene rings is 3. The van der Waals surface area contributed by atoms with Gasteiger partial charge in [0.05, 0.1) is 23.3 Å². The Morgan fingerprint density at radius 1 is 1.05 bits per heavy atom. The van der Waals surface area contributed by atoms with Crippen molar-refractivity contribution in [2.45, 2.75) is 30.4 Å². The maximum absolute atomic E-state index is 13.6. The molecule has 1 aliphatic heterocycles. The van der Waals surface area contributed by atoms with Gasteiger partial charge in [-0.1, -0.05) is 12.1 Å². The average molecular weight is 568 g/mol. The molecule has 0 fully saturated rings. The third-order valence-electron chi connectivity index (χ3n) is 5.51. The van der Waals surface area contributed by atoms with E-state index in [-0.39, 0.29) is 28.5 Å². The van der Waals surface area contributed by atoms with Crippen LogP contribution in [0.3, 0.4) is 0 Å². The van der Waals surface area contributed by atoms with Gasteiger partial charge in [-0.3, -0.25) is 4.79 Å². The number of anilines is 2. The Kier molecular flexibility index (Phi) is 7.95. The van der Waals surface area contributed by atoms with E-state index in [1.54, 1.807) is 24.3 Å². The van der Waals surface area contributed by atoms with Gasteiger partial charge in [0, 0.05) is 18.2 Å². The van der Waals surface area contributed by atoms with Crippen molar-refractivity contribution in [3.05, 3.63) is 77.9 Å². The number of alkyl halides is 4. The molecule has 1 aliphatic rings. The molecule has 206 valence electrons. The van der Waals surface area contributed by atoms with E-state index in [4.69, 9.17) is 9.47 Å². The summed E-state index contributed by atoms with van der Waals surface area (Å²) in [5, 5.41) is 7.69. The molecule has 0 unspecified atom stereocenters. The summed E-state index contributed by atoms with van der Waals surface area (Å²) >= 11 is 0. The summed E-state index contributed by atoms with van der Waals surface area (Å²) in [4.78, 5) is 11.5. The second-order valence-corrected chi connectivity index (χ2v) is 9.91. The number of hydrogen-bond acceptors (Lipinski definition) is 8. The number of nitrogens with zero attached hydrogens (tertiary/aromatic N) is 2. The average Bonchev–Trinajstić information content (AvgIpc) is 3.35. The standard InChI is InChI=1S/C25H21F4N3O6S/c1-14(33)32-23(18-5-3-4-6-20(18)37-24(26)27)38-22(31-32)15-7-12-19(21(13-15)39(34,35)25(28)29)30-16-8-10-17(36-2)11-9-16/h3-13,23-25,30H,1-2H3/t23-/m0/s1. The summed E-state index contributed by atoms with van der Waals surface area (Å²) in [6.07, 6.45) is -1.35. The minimum atomic E-state index is -5.12. The molecule has 1 amide bonds. The number of hydrogen-bond donors (Lipinski definition) is 1. The minimum Gasteiger partial charge on any atom is -0.497 e. The van der Waals surface area contributed by atoms with Crippen LogP contribution in [0.15, 0.2) is 76.7 Å². The lowest BCUT2D eigenvalue weighted by molar-refractivity contribution is -0.135. The molecule has 0 saturated heterocycles. The third-order valence-corrected chi connectivity index (χ3v) is 6.93. The fraction of sp³-hybridized carbons (Fsp3) is 0.200.